The maximum Gasteiger partial charge on any atom is 0.236 e. The number of hydrogen-bond donors (Lipinski definition) is 2. The Bertz CT molecular complexity index is 254. The SMILES string of the molecule is O=C1CNCCN1CCN1CCNCC1=O. The highest BCUT2D eigenvalue weighted by Gasteiger charge is 2.21. The third kappa shape index (κ3) is 2.70. The summed E-state index contributed by atoms with van der Waals surface area (Å²) in [6, 6.07) is 0. The lowest BCUT2D eigenvalue weighted by molar-refractivity contribution is -0.136. The summed E-state index contributed by atoms with van der Waals surface area (Å²) in [7, 11) is 0. The Morgan fingerprint density at radius 2 is 1.31 bits per heavy atom. The van der Waals surface area contributed by atoms with Crippen molar-refractivity contribution in [2.24, 2.45) is 0 Å². The monoisotopic (exact) mass is 226 g/mol. The third-order valence-electron chi connectivity index (χ3n) is 3.01. The van der Waals surface area contributed by atoms with Gasteiger partial charge in [-0.3, -0.25) is 9.59 Å². The zero-order valence-corrected chi connectivity index (χ0v) is 9.37. The van der Waals surface area contributed by atoms with Gasteiger partial charge in [-0.05, 0) is 0 Å². The Hall–Kier alpha value is -1.14. The lowest BCUT2D eigenvalue weighted by Crippen LogP contribution is -2.53. The quantitative estimate of drug-likeness (QED) is 0.576. The minimum Gasteiger partial charge on any atom is -0.339 e. The molecule has 0 atom stereocenters. The van der Waals surface area contributed by atoms with E-state index in [2.05, 4.69) is 10.6 Å². The van der Waals surface area contributed by atoms with Crippen molar-refractivity contribution in [1.82, 2.24) is 20.4 Å². The molecule has 0 aromatic rings. The van der Waals surface area contributed by atoms with Gasteiger partial charge in [-0.15, -0.1) is 0 Å². The van der Waals surface area contributed by atoms with Crippen molar-refractivity contribution in [2.45, 2.75) is 0 Å². The average Bonchev–Trinajstić information content (AvgIpc) is 2.30. The van der Waals surface area contributed by atoms with Crippen LogP contribution >= 0.6 is 0 Å². The number of carbonyl (C=O) groups excluding carboxylic acids is 2. The normalized spacial score (nSPS) is 22.8. The van der Waals surface area contributed by atoms with E-state index >= 15 is 0 Å². The van der Waals surface area contributed by atoms with Crippen molar-refractivity contribution in [3.63, 3.8) is 0 Å². The van der Waals surface area contributed by atoms with Gasteiger partial charge in [0.15, 0.2) is 0 Å². The van der Waals surface area contributed by atoms with E-state index in [1.165, 1.54) is 0 Å². The maximum atomic E-state index is 11.5. The van der Waals surface area contributed by atoms with Crippen molar-refractivity contribution in [1.29, 1.82) is 0 Å². The van der Waals surface area contributed by atoms with E-state index in [-0.39, 0.29) is 11.8 Å². The van der Waals surface area contributed by atoms with Crippen LogP contribution in [0.15, 0.2) is 0 Å². The average molecular weight is 226 g/mol. The highest BCUT2D eigenvalue weighted by Crippen LogP contribution is 1.98. The predicted molar refractivity (Wildman–Crippen MR) is 58.9 cm³/mol. The first kappa shape index (κ1) is 11.3. The lowest BCUT2D eigenvalue weighted by Gasteiger charge is -2.32. The molecule has 0 saturated carbocycles. The van der Waals surface area contributed by atoms with Crippen molar-refractivity contribution >= 4 is 11.8 Å². The van der Waals surface area contributed by atoms with Crippen LogP contribution in [0.5, 0.6) is 0 Å². The molecule has 0 aromatic carbocycles. The van der Waals surface area contributed by atoms with E-state index in [9.17, 15) is 9.59 Å². The van der Waals surface area contributed by atoms with Crippen LogP contribution in [-0.2, 0) is 9.59 Å². The third-order valence-corrected chi connectivity index (χ3v) is 3.01. The second-order valence-corrected chi connectivity index (χ2v) is 4.12. The number of nitrogens with zero attached hydrogens (tertiary/aromatic N) is 2. The molecule has 2 saturated heterocycles. The molecule has 90 valence electrons. The van der Waals surface area contributed by atoms with E-state index in [1.54, 1.807) is 0 Å². The van der Waals surface area contributed by atoms with Crippen LogP contribution in [0.3, 0.4) is 0 Å². The Kier molecular flexibility index (Phi) is 3.74. The zero-order valence-electron chi connectivity index (χ0n) is 9.37. The summed E-state index contributed by atoms with van der Waals surface area (Å²) in [5, 5.41) is 6.06. The molecular formula is C10H18N4O2. The van der Waals surface area contributed by atoms with Gasteiger partial charge in [0.2, 0.25) is 11.8 Å². The molecule has 2 N–H and O–H groups in total. The second-order valence-electron chi connectivity index (χ2n) is 4.12. The van der Waals surface area contributed by atoms with E-state index in [0.717, 1.165) is 26.2 Å². The summed E-state index contributed by atoms with van der Waals surface area (Å²) in [5.74, 6) is 0.266. The Balaban J connectivity index is 1.77. The van der Waals surface area contributed by atoms with Gasteiger partial charge in [-0.2, -0.15) is 0 Å². The summed E-state index contributed by atoms with van der Waals surface area (Å²) < 4.78 is 0. The standard InChI is InChI=1S/C10H18N4O2/c15-9-7-11-1-3-13(9)5-6-14-4-2-12-8-10(14)16/h11-12H,1-8H2. The molecule has 2 amide bonds. The molecule has 2 heterocycles. The van der Waals surface area contributed by atoms with Gasteiger partial charge in [0, 0.05) is 39.3 Å². The molecule has 0 aliphatic carbocycles. The molecule has 0 bridgehead atoms. The first-order valence-electron chi connectivity index (χ1n) is 5.74. The molecule has 0 radical (unpaired) electrons. The van der Waals surface area contributed by atoms with Gasteiger partial charge in [-0.25, -0.2) is 0 Å². The number of nitrogens with one attached hydrogen (secondary N) is 2. The Morgan fingerprint density at radius 3 is 1.69 bits per heavy atom. The summed E-state index contributed by atoms with van der Waals surface area (Å²) >= 11 is 0. The fourth-order valence-corrected chi connectivity index (χ4v) is 2.01. The van der Waals surface area contributed by atoms with Crippen molar-refractivity contribution in [3.8, 4) is 0 Å². The van der Waals surface area contributed by atoms with E-state index in [4.69, 9.17) is 0 Å². The van der Waals surface area contributed by atoms with Gasteiger partial charge in [-0.1, -0.05) is 0 Å². The number of piperazine rings is 2. The molecule has 2 fully saturated rings. The molecule has 0 unspecified atom stereocenters. The van der Waals surface area contributed by atoms with Crippen LogP contribution in [0.25, 0.3) is 0 Å². The van der Waals surface area contributed by atoms with Crippen LogP contribution in [0.4, 0.5) is 0 Å². The number of amides is 2. The first-order chi connectivity index (χ1) is 7.77. The number of hydrogen-bond acceptors (Lipinski definition) is 4. The van der Waals surface area contributed by atoms with Crippen molar-refractivity contribution in [3.05, 3.63) is 0 Å². The van der Waals surface area contributed by atoms with E-state index in [0.29, 0.717) is 26.2 Å². The van der Waals surface area contributed by atoms with E-state index in [1.807, 2.05) is 9.80 Å². The van der Waals surface area contributed by atoms with Crippen molar-refractivity contribution in [2.75, 3.05) is 52.4 Å². The number of carbonyl (C=O) groups is 2. The minimum atomic E-state index is 0.133. The zero-order chi connectivity index (χ0) is 11.4. The molecular weight excluding hydrogens is 208 g/mol. The summed E-state index contributed by atoms with van der Waals surface area (Å²) in [6.07, 6.45) is 0. The molecule has 6 nitrogen and oxygen atoms in total. The fourth-order valence-electron chi connectivity index (χ4n) is 2.01. The van der Waals surface area contributed by atoms with Gasteiger partial charge < -0.3 is 20.4 Å². The van der Waals surface area contributed by atoms with Crippen LogP contribution < -0.4 is 10.6 Å². The molecule has 16 heavy (non-hydrogen) atoms. The van der Waals surface area contributed by atoms with Gasteiger partial charge in [0.1, 0.15) is 0 Å². The summed E-state index contributed by atoms with van der Waals surface area (Å²) in [4.78, 5) is 26.6. The van der Waals surface area contributed by atoms with Crippen LogP contribution in [-0.4, -0.2) is 74.0 Å². The maximum absolute atomic E-state index is 11.5. The molecule has 2 rings (SSSR count). The smallest absolute Gasteiger partial charge is 0.236 e. The summed E-state index contributed by atoms with van der Waals surface area (Å²) in [5.41, 5.74) is 0. The van der Waals surface area contributed by atoms with Gasteiger partial charge in [0.25, 0.3) is 0 Å². The topological polar surface area (TPSA) is 64.7 Å². The molecule has 0 spiro atoms. The number of rotatable bonds is 3. The Labute approximate surface area is 95.0 Å². The van der Waals surface area contributed by atoms with Gasteiger partial charge >= 0.3 is 0 Å². The Morgan fingerprint density at radius 1 is 0.875 bits per heavy atom. The molecule has 2 aliphatic rings. The van der Waals surface area contributed by atoms with Gasteiger partial charge in [0.05, 0.1) is 13.1 Å². The lowest BCUT2D eigenvalue weighted by atomic mass is 10.3. The van der Waals surface area contributed by atoms with E-state index < -0.39 is 0 Å². The highest BCUT2D eigenvalue weighted by molar-refractivity contribution is 5.80. The van der Waals surface area contributed by atoms with Crippen LogP contribution in [0, 0.1) is 0 Å². The summed E-state index contributed by atoms with van der Waals surface area (Å²) in [6.45, 7) is 5.37. The molecule has 6 heteroatoms. The second kappa shape index (κ2) is 5.27. The van der Waals surface area contributed by atoms with Crippen molar-refractivity contribution < 1.29 is 9.59 Å². The highest BCUT2D eigenvalue weighted by atomic mass is 16.2. The molecule has 0 aromatic heterocycles. The largest absolute Gasteiger partial charge is 0.339 e. The fraction of sp³-hybridized carbons (Fsp3) is 0.800. The molecule has 2 aliphatic heterocycles. The van der Waals surface area contributed by atoms with Crippen LogP contribution in [0.1, 0.15) is 0 Å². The predicted octanol–water partition coefficient (Wildman–Crippen LogP) is -2.15. The minimum absolute atomic E-state index is 0.133. The first-order valence-corrected chi connectivity index (χ1v) is 5.74. The van der Waals surface area contributed by atoms with Crippen LogP contribution in [0.2, 0.25) is 0 Å².